The molecule has 0 aliphatic heterocycles. The second-order valence-electron chi connectivity index (χ2n) is 10.4. The first-order valence-corrected chi connectivity index (χ1v) is 17.3. The van der Waals surface area contributed by atoms with Gasteiger partial charge in [-0.2, -0.15) is 4.72 Å². The lowest BCUT2D eigenvalue weighted by Gasteiger charge is -2.25. The highest BCUT2D eigenvalue weighted by Gasteiger charge is 2.23. The van der Waals surface area contributed by atoms with Crippen LogP contribution in [0, 0.1) is 0 Å². The summed E-state index contributed by atoms with van der Waals surface area (Å²) in [7, 11) is -3.84. The molecule has 0 unspecified atom stereocenters. The molecule has 1 heterocycles. The number of ether oxygens (including phenoxy) is 1. The predicted octanol–water partition coefficient (Wildman–Crippen LogP) is 8.28. The van der Waals surface area contributed by atoms with Crippen LogP contribution in [0.4, 0.5) is 5.69 Å². The second kappa shape index (κ2) is 16.7. The maximum Gasteiger partial charge on any atom is 0.323 e. The Morgan fingerprint density at radius 1 is 0.780 bits per heavy atom. The van der Waals surface area contributed by atoms with Gasteiger partial charge in [-0.15, -0.1) is 11.3 Å². The van der Waals surface area contributed by atoms with Crippen LogP contribution < -0.4 is 9.62 Å². The van der Waals surface area contributed by atoms with Crippen molar-refractivity contribution in [1.29, 1.82) is 0 Å². The zero-order valence-electron chi connectivity index (χ0n) is 25.0. The van der Waals surface area contributed by atoms with Crippen LogP contribution in [0.15, 0.2) is 65.6 Å². The fraction of sp³-hybridized carbons (Fsp3) is 0.485. The van der Waals surface area contributed by atoms with Gasteiger partial charge in [0.2, 0.25) is 10.0 Å². The third-order valence-corrected chi connectivity index (χ3v) is 9.85. The average Bonchev–Trinajstić information content (AvgIpc) is 3.47. The van der Waals surface area contributed by atoms with Crippen LogP contribution in [0.1, 0.15) is 79.1 Å². The van der Waals surface area contributed by atoms with Gasteiger partial charge in [-0.1, -0.05) is 76.6 Å². The van der Waals surface area contributed by atoms with E-state index in [1.165, 1.54) is 74.4 Å². The van der Waals surface area contributed by atoms with Gasteiger partial charge in [0, 0.05) is 28.5 Å². The lowest BCUT2D eigenvalue weighted by atomic mass is 10.1. The summed E-state index contributed by atoms with van der Waals surface area (Å²) in [5.41, 5.74) is 3.42. The quantitative estimate of drug-likeness (QED) is 0.118. The van der Waals surface area contributed by atoms with Gasteiger partial charge >= 0.3 is 5.97 Å². The van der Waals surface area contributed by atoms with E-state index in [2.05, 4.69) is 59.9 Å². The van der Waals surface area contributed by atoms with Crippen LogP contribution in [0.2, 0.25) is 0 Å². The smallest absolute Gasteiger partial charge is 0.323 e. The Morgan fingerprint density at radius 2 is 1.29 bits per heavy atom. The minimum Gasteiger partial charge on any atom is -0.465 e. The third kappa shape index (κ3) is 9.97. The highest BCUT2D eigenvalue weighted by atomic mass is 32.2. The summed E-state index contributed by atoms with van der Waals surface area (Å²) >= 11 is 1.69. The molecule has 0 aliphatic carbocycles. The number of hydrogen-bond donors (Lipinski definition) is 1. The van der Waals surface area contributed by atoms with Crippen LogP contribution in [0.25, 0.3) is 20.9 Å². The summed E-state index contributed by atoms with van der Waals surface area (Å²) in [6.45, 7) is 10.1. The van der Waals surface area contributed by atoms with Gasteiger partial charge in [-0.25, -0.2) is 8.42 Å². The van der Waals surface area contributed by atoms with Crippen LogP contribution in [0.5, 0.6) is 0 Å². The maximum absolute atomic E-state index is 12.7. The first-order chi connectivity index (χ1) is 19.8. The fourth-order valence-electron chi connectivity index (χ4n) is 4.73. The standard InChI is InChI=1S/C33H46N2O4S2/c1-5-8-10-12-24-35(25-13-11-9-6-2)29-18-14-27(15-19-29)31-22-23-32(40-31)28-16-20-30(21-17-28)41(37,38)34-26(4)33(36)39-7-3/h14-23,26,34H,5-13,24-25H2,1-4H3/t26-/m1/s1. The van der Waals surface area contributed by atoms with E-state index in [9.17, 15) is 13.2 Å². The largest absolute Gasteiger partial charge is 0.465 e. The van der Waals surface area contributed by atoms with E-state index in [4.69, 9.17) is 4.74 Å². The molecule has 1 N–H and O–H groups in total. The maximum atomic E-state index is 12.7. The average molecular weight is 599 g/mol. The summed E-state index contributed by atoms with van der Waals surface area (Å²) in [6, 6.07) is 18.9. The third-order valence-electron chi connectivity index (χ3n) is 7.11. The van der Waals surface area contributed by atoms with E-state index in [0.717, 1.165) is 23.5 Å². The molecule has 0 amide bonds. The van der Waals surface area contributed by atoms with E-state index in [1.54, 1.807) is 42.5 Å². The summed E-state index contributed by atoms with van der Waals surface area (Å²) < 4.78 is 32.7. The summed E-state index contributed by atoms with van der Waals surface area (Å²) in [5.74, 6) is -0.599. The van der Waals surface area contributed by atoms with E-state index >= 15 is 0 Å². The Bertz CT molecular complexity index is 1290. The lowest BCUT2D eigenvalue weighted by molar-refractivity contribution is -0.144. The van der Waals surface area contributed by atoms with Crippen molar-refractivity contribution < 1.29 is 17.9 Å². The number of nitrogens with one attached hydrogen (secondary N) is 1. The Labute approximate surface area is 251 Å². The zero-order chi connectivity index (χ0) is 29.7. The Balaban J connectivity index is 1.67. The van der Waals surface area contributed by atoms with Crippen LogP contribution >= 0.6 is 11.3 Å². The van der Waals surface area contributed by atoms with E-state index in [1.807, 2.05) is 0 Å². The molecule has 0 saturated heterocycles. The molecular formula is C33H46N2O4S2. The number of benzene rings is 2. The summed E-state index contributed by atoms with van der Waals surface area (Å²) in [5, 5.41) is 0. The molecule has 0 fully saturated rings. The van der Waals surface area contributed by atoms with Gasteiger partial charge in [0.1, 0.15) is 6.04 Å². The van der Waals surface area contributed by atoms with Gasteiger partial charge in [-0.3, -0.25) is 4.79 Å². The van der Waals surface area contributed by atoms with Crippen molar-refractivity contribution in [2.24, 2.45) is 0 Å². The van der Waals surface area contributed by atoms with Gasteiger partial charge in [0.15, 0.2) is 0 Å². The number of rotatable bonds is 18. The minimum atomic E-state index is -3.84. The van der Waals surface area contributed by atoms with Crippen LogP contribution in [-0.4, -0.2) is 40.1 Å². The molecule has 0 aliphatic rings. The fourth-order valence-corrected chi connectivity index (χ4v) is 6.94. The molecule has 8 heteroatoms. The van der Waals surface area contributed by atoms with Gasteiger partial charge in [0.25, 0.3) is 0 Å². The van der Waals surface area contributed by atoms with Gasteiger partial charge in [0.05, 0.1) is 11.5 Å². The zero-order valence-corrected chi connectivity index (χ0v) is 26.7. The predicted molar refractivity (Wildman–Crippen MR) is 172 cm³/mol. The molecule has 3 aromatic rings. The molecule has 41 heavy (non-hydrogen) atoms. The molecule has 3 rings (SSSR count). The number of carbonyl (C=O) groups excluding carboxylic acids is 1. The van der Waals surface area contributed by atoms with Crippen molar-refractivity contribution in [2.75, 3.05) is 24.6 Å². The van der Waals surface area contributed by atoms with Crippen molar-refractivity contribution in [2.45, 2.75) is 90.0 Å². The van der Waals surface area contributed by atoms with Gasteiger partial charge < -0.3 is 9.64 Å². The number of nitrogens with zero attached hydrogens (tertiary/aromatic N) is 1. The number of unbranched alkanes of at least 4 members (excludes halogenated alkanes) is 6. The van der Waals surface area contributed by atoms with Crippen LogP contribution in [-0.2, 0) is 19.6 Å². The molecule has 6 nitrogen and oxygen atoms in total. The van der Waals surface area contributed by atoms with Crippen molar-refractivity contribution in [3.05, 3.63) is 60.7 Å². The van der Waals surface area contributed by atoms with E-state index in [-0.39, 0.29) is 11.5 Å². The number of thiophene rings is 1. The van der Waals surface area contributed by atoms with Crippen molar-refractivity contribution in [3.8, 4) is 20.9 Å². The van der Waals surface area contributed by atoms with Crippen molar-refractivity contribution >= 4 is 33.0 Å². The second-order valence-corrected chi connectivity index (χ2v) is 13.2. The first kappa shape index (κ1) is 32.8. The normalized spacial score (nSPS) is 12.3. The number of esters is 1. The molecule has 0 spiro atoms. The van der Waals surface area contributed by atoms with Crippen LogP contribution in [0.3, 0.4) is 0 Å². The van der Waals surface area contributed by atoms with Crippen molar-refractivity contribution in [3.63, 3.8) is 0 Å². The molecule has 224 valence electrons. The number of anilines is 1. The topological polar surface area (TPSA) is 75.7 Å². The molecular weight excluding hydrogens is 553 g/mol. The highest BCUT2D eigenvalue weighted by Crippen LogP contribution is 2.35. The Kier molecular flexibility index (Phi) is 13.4. The molecule has 1 aromatic heterocycles. The van der Waals surface area contributed by atoms with E-state index in [0.29, 0.717) is 0 Å². The summed E-state index contributed by atoms with van der Waals surface area (Å²) in [6.07, 6.45) is 10.1. The summed E-state index contributed by atoms with van der Waals surface area (Å²) in [4.78, 5) is 16.7. The first-order valence-electron chi connectivity index (χ1n) is 15.0. The number of hydrogen-bond acceptors (Lipinski definition) is 6. The Hall–Kier alpha value is -2.68. The SMILES string of the molecule is CCCCCCN(CCCCCC)c1ccc(-c2ccc(-c3ccc(S(=O)(=O)N[C@H](C)C(=O)OCC)cc3)s2)cc1. The highest BCUT2D eigenvalue weighted by molar-refractivity contribution is 7.89. The molecule has 0 saturated carbocycles. The molecule has 0 radical (unpaired) electrons. The molecule has 1 atom stereocenters. The monoisotopic (exact) mass is 598 g/mol. The number of carbonyl (C=O) groups is 1. The molecule has 2 aromatic carbocycles. The van der Waals surface area contributed by atoms with E-state index < -0.39 is 22.0 Å². The Morgan fingerprint density at radius 3 is 1.78 bits per heavy atom. The van der Waals surface area contributed by atoms with Crippen molar-refractivity contribution in [1.82, 2.24) is 4.72 Å². The minimum absolute atomic E-state index is 0.110. The lowest BCUT2D eigenvalue weighted by Crippen LogP contribution is -2.39. The number of sulfonamides is 1. The van der Waals surface area contributed by atoms with Gasteiger partial charge in [-0.05, 0) is 74.2 Å². The molecule has 0 bridgehead atoms.